The van der Waals surface area contributed by atoms with Crippen LogP contribution in [-0.4, -0.2) is 34.4 Å². The molecule has 29 heavy (non-hydrogen) atoms. The zero-order chi connectivity index (χ0) is 21.0. The van der Waals surface area contributed by atoms with Crippen LogP contribution in [0.2, 0.25) is 0 Å². The second-order valence-corrected chi connectivity index (χ2v) is 7.17. The molecule has 0 bridgehead atoms. The standard InChI is InChI=1S/C20H16FN3O4S/c1-12-2-6-14(7-3-12)23-18(26)11-24-19(27)16(29-20(24)28)10-17(25)22-15-8-4-13(21)5-9-15/h2-10H,11H2,1H3,(H,22,25)(H,23,26). The summed E-state index contributed by atoms with van der Waals surface area (Å²) in [6.07, 6.45) is 0.978. The Kier molecular flexibility index (Phi) is 6.08. The number of nitrogens with zero attached hydrogens (tertiary/aromatic N) is 1. The first-order valence-corrected chi connectivity index (χ1v) is 9.32. The summed E-state index contributed by atoms with van der Waals surface area (Å²) >= 11 is 0.571. The number of hydrogen-bond acceptors (Lipinski definition) is 5. The summed E-state index contributed by atoms with van der Waals surface area (Å²) in [6.45, 7) is 1.44. The van der Waals surface area contributed by atoms with Crippen molar-refractivity contribution < 1.29 is 23.6 Å². The number of carbonyl (C=O) groups is 4. The smallest absolute Gasteiger partial charge is 0.294 e. The van der Waals surface area contributed by atoms with Crippen LogP contribution in [0.1, 0.15) is 5.56 Å². The maximum atomic E-state index is 12.9. The van der Waals surface area contributed by atoms with E-state index in [1.165, 1.54) is 24.3 Å². The molecule has 1 fully saturated rings. The number of aryl methyl sites for hydroxylation is 1. The van der Waals surface area contributed by atoms with Gasteiger partial charge in [0.05, 0.1) is 4.91 Å². The molecule has 2 aromatic carbocycles. The maximum absolute atomic E-state index is 12.9. The van der Waals surface area contributed by atoms with Crippen molar-refractivity contribution in [2.45, 2.75) is 6.92 Å². The molecule has 0 spiro atoms. The van der Waals surface area contributed by atoms with E-state index in [4.69, 9.17) is 0 Å². The number of benzene rings is 2. The van der Waals surface area contributed by atoms with Crippen LogP contribution in [-0.2, 0) is 14.4 Å². The minimum Gasteiger partial charge on any atom is -0.325 e. The third kappa shape index (κ3) is 5.29. The van der Waals surface area contributed by atoms with Crippen molar-refractivity contribution >= 4 is 46.1 Å². The number of imide groups is 1. The normalized spacial score (nSPS) is 15.0. The third-order valence-corrected chi connectivity index (χ3v) is 4.79. The molecular weight excluding hydrogens is 397 g/mol. The molecule has 1 aliphatic heterocycles. The van der Waals surface area contributed by atoms with Gasteiger partial charge in [0.1, 0.15) is 12.4 Å². The minimum absolute atomic E-state index is 0.0993. The van der Waals surface area contributed by atoms with Crippen molar-refractivity contribution in [1.29, 1.82) is 0 Å². The lowest BCUT2D eigenvalue weighted by Gasteiger charge is -2.12. The lowest BCUT2D eigenvalue weighted by Crippen LogP contribution is -2.36. The number of carbonyl (C=O) groups excluding carboxylic acids is 4. The van der Waals surface area contributed by atoms with E-state index in [2.05, 4.69) is 10.6 Å². The van der Waals surface area contributed by atoms with E-state index in [0.29, 0.717) is 23.1 Å². The van der Waals surface area contributed by atoms with E-state index in [0.717, 1.165) is 16.5 Å². The van der Waals surface area contributed by atoms with Crippen LogP contribution in [0.15, 0.2) is 59.5 Å². The molecule has 0 saturated carbocycles. The number of thioether (sulfide) groups is 1. The van der Waals surface area contributed by atoms with Crippen molar-refractivity contribution in [1.82, 2.24) is 4.90 Å². The van der Waals surface area contributed by atoms with Crippen LogP contribution in [0.5, 0.6) is 0 Å². The summed E-state index contributed by atoms with van der Waals surface area (Å²) in [4.78, 5) is 49.3. The predicted octanol–water partition coefficient (Wildman–Crippen LogP) is 3.29. The fourth-order valence-corrected chi connectivity index (χ4v) is 3.26. The maximum Gasteiger partial charge on any atom is 0.294 e. The number of nitrogens with one attached hydrogen (secondary N) is 2. The Morgan fingerprint density at radius 2 is 1.59 bits per heavy atom. The lowest BCUT2D eigenvalue weighted by molar-refractivity contribution is -0.127. The van der Waals surface area contributed by atoms with Gasteiger partial charge < -0.3 is 10.6 Å². The Morgan fingerprint density at radius 3 is 2.24 bits per heavy atom. The lowest BCUT2D eigenvalue weighted by atomic mass is 10.2. The van der Waals surface area contributed by atoms with Gasteiger partial charge in [-0.15, -0.1) is 0 Å². The van der Waals surface area contributed by atoms with Gasteiger partial charge in [-0.3, -0.25) is 24.1 Å². The number of rotatable bonds is 5. The summed E-state index contributed by atoms with van der Waals surface area (Å²) in [5.41, 5.74) is 1.91. The SMILES string of the molecule is Cc1ccc(NC(=O)CN2C(=O)SC(=CC(=O)Nc3ccc(F)cc3)C2=O)cc1. The van der Waals surface area contributed by atoms with Gasteiger partial charge in [0, 0.05) is 17.5 Å². The van der Waals surface area contributed by atoms with Crippen LogP contribution in [0.25, 0.3) is 0 Å². The molecular formula is C20H16FN3O4S. The third-order valence-electron chi connectivity index (χ3n) is 3.88. The Balaban J connectivity index is 1.61. The highest BCUT2D eigenvalue weighted by Crippen LogP contribution is 2.30. The molecule has 3 rings (SSSR count). The number of hydrogen-bond donors (Lipinski definition) is 2. The van der Waals surface area contributed by atoms with Gasteiger partial charge in [0.2, 0.25) is 11.8 Å². The van der Waals surface area contributed by atoms with Crippen molar-refractivity contribution in [2.24, 2.45) is 0 Å². The summed E-state index contributed by atoms with van der Waals surface area (Å²) in [7, 11) is 0. The van der Waals surface area contributed by atoms with Gasteiger partial charge in [0.25, 0.3) is 11.1 Å². The van der Waals surface area contributed by atoms with Gasteiger partial charge >= 0.3 is 0 Å². The highest BCUT2D eigenvalue weighted by molar-refractivity contribution is 8.18. The minimum atomic E-state index is -0.728. The van der Waals surface area contributed by atoms with Crippen molar-refractivity contribution in [3.8, 4) is 0 Å². The first-order chi connectivity index (χ1) is 13.8. The topological polar surface area (TPSA) is 95.6 Å². The molecule has 1 heterocycles. The van der Waals surface area contributed by atoms with Crippen LogP contribution in [0, 0.1) is 12.7 Å². The average Bonchev–Trinajstić information content (AvgIpc) is 2.93. The molecule has 9 heteroatoms. The molecule has 0 atom stereocenters. The fraction of sp³-hybridized carbons (Fsp3) is 0.100. The highest BCUT2D eigenvalue weighted by atomic mass is 32.2. The molecule has 0 unspecified atom stereocenters. The van der Waals surface area contributed by atoms with Crippen LogP contribution >= 0.6 is 11.8 Å². The Labute approximate surface area is 170 Å². The highest BCUT2D eigenvalue weighted by Gasteiger charge is 2.36. The van der Waals surface area contributed by atoms with E-state index in [1.807, 2.05) is 19.1 Å². The van der Waals surface area contributed by atoms with Crippen molar-refractivity contribution in [3.63, 3.8) is 0 Å². The number of halogens is 1. The summed E-state index contributed by atoms with van der Waals surface area (Å²) in [6, 6.07) is 12.1. The van der Waals surface area contributed by atoms with E-state index in [-0.39, 0.29) is 4.91 Å². The van der Waals surface area contributed by atoms with Gasteiger partial charge in [-0.1, -0.05) is 17.7 Å². The average molecular weight is 413 g/mol. The quantitative estimate of drug-likeness (QED) is 0.734. The first-order valence-electron chi connectivity index (χ1n) is 8.50. The van der Waals surface area contributed by atoms with E-state index < -0.39 is 35.3 Å². The molecule has 0 aromatic heterocycles. The molecule has 1 saturated heterocycles. The number of amides is 4. The first kappa shape index (κ1) is 20.3. The molecule has 1 aliphatic rings. The van der Waals surface area contributed by atoms with E-state index >= 15 is 0 Å². The largest absolute Gasteiger partial charge is 0.325 e. The van der Waals surface area contributed by atoms with Crippen molar-refractivity contribution in [3.05, 3.63) is 70.9 Å². The Hall–Kier alpha value is -3.46. The van der Waals surface area contributed by atoms with Crippen LogP contribution in [0.4, 0.5) is 20.6 Å². The van der Waals surface area contributed by atoms with E-state index in [1.54, 1.807) is 12.1 Å². The summed E-state index contributed by atoms with van der Waals surface area (Å²) in [5, 5.41) is 4.43. The summed E-state index contributed by atoms with van der Waals surface area (Å²) in [5.74, 6) is -2.36. The molecule has 2 N–H and O–H groups in total. The zero-order valence-corrected chi connectivity index (χ0v) is 16.1. The summed E-state index contributed by atoms with van der Waals surface area (Å²) < 4.78 is 12.9. The van der Waals surface area contributed by atoms with Gasteiger partial charge in [0.15, 0.2) is 0 Å². The Morgan fingerprint density at radius 1 is 1.00 bits per heavy atom. The fourth-order valence-electron chi connectivity index (χ4n) is 2.45. The second kappa shape index (κ2) is 8.70. The molecule has 0 radical (unpaired) electrons. The van der Waals surface area contributed by atoms with Gasteiger partial charge in [-0.25, -0.2) is 4.39 Å². The van der Waals surface area contributed by atoms with Crippen LogP contribution < -0.4 is 10.6 Å². The monoisotopic (exact) mass is 413 g/mol. The molecule has 0 aliphatic carbocycles. The van der Waals surface area contributed by atoms with E-state index in [9.17, 15) is 23.6 Å². The van der Waals surface area contributed by atoms with Crippen LogP contribution in [0.3, 0.4) is 0 Å². The Bertz CT molecular complexity index is 1000. The predicted molar refractivity (Wildman–Crippen MR) is 108 cm³/mol. The second-order valence-electron chi connectivity index (χ2n) is 6.18. The molecule has 7 nitrogen and oxygen atoms in total. The number of anilines is 2. The molecule has 2 aromatic rings. The van der Waals surface area contributed by atoms with Crippen molar-refractivity contribution in [2.75, 3.05) is 17.2 Å². The van der Waals surface area contributed by atoms with Gasteiger partial charge in [-0.05, 0) is 55.1 Å². The molecule has 148 valence electrons. The molecule has 4 amide bonds. The zero-order valence-electron chi connectivity index (χ0n) is 15.3. The van der Waals surface area contributed by atoms with Gasteiger partial charge in [-0.2, -0.15) is 0 Å².